The van der Waals surface area contributed by atoms with Gasteiger partial charge in [0.05, 0.1) is 26.4 Å². The Labute approximate surface area is 100 Å². The van der Waals surface area contributed by atoms with Crippen molar-refractivity contribution in [1.82, 2.24) is 0 Å². The van der Waals surface area contributed by atoms with Crippen molar-refractivity contribution in [3.05, 3.63) is 0 Å². The highest BCUT2D eigenvalue weighted by Gasteiger charge is 2.26. The van der Waals surface area contributed by atoms with Crippen molar-refractivity contribution in [3.63, 3.8) is 0 Å². The second-order valence-corrected chi connectivity index (χ2v) is 11.4. The van der Waals surface area contributed by atoms with Gasteiger partial charge in [-0.05, 0) is 0 Å². The second kappa shape index (κ2) is 6.74. The predicted molar refractivity (Wildman–Crippen MR) is 68.7 cm³/mol. The molecule has 16 heavy (non-hydrogen) atoms. The largest absolute Gasteiger partial charge is 0.376 e. The molecule has 0 aromatic carbocycles. The van der Waals surface area contributed by atoms with Crippen molar-refractivity contribution in [2.45, 2.75) is 51.2 Å². The summed E-state index contributed by atoms with van der Waals surface area (Å²) < 4.78 is 15.1. The van der Waals surface area contributed by atoms with Crippen LogP contribution in [0.25, 0.3) is 0 Å². The second-order valence-electron chi connectivity index (χ2n) is 5.76. The van der Waals surface area contributed by atoms with Gasteiger partial charge in [0.15, 0.2) is 0 Å². The molecule has 0 N–H and O–H groups in total. The highest BCUT2D eigenvalue weighted by molar-refractivity contribution is 6.76. The van der Waals surface area contributed by atoms with E-state index >= 15 is 0 Å². The van der Waals surface area contributed by atoms with Gasteiger partial charge in [-0.25, -0.2) is 0 Å². The Balaban J connectivity index is 0.000000168. The number of epoxide rings is 2. The lowest BCUT2D eigenvalue weighted by atomic mass is 10.5. The molecule has 0 aromatic heterocycles. The number of rotatable bonds is 6. The summed E-state index contributed by atoms with van der Waals surface area (Å²) in [5, 5.41) is 0. The van der Waals surface area contributed by atoms with Crippen LogP contribution in [0.2, 0.25) is 25.7 Å². The van der Waals surface area contributed by atoms with Gasteiger partial charge < -0.3 is 14.2 Å². The molecule has 2 aliphatic rings. The average Bonchev–Trinajstić information content (AvgIpc) is 2.96. The van der Waals surface area contributed by atoms with Gasteiger partial charge >= 0.3 is 0 Å². The van der Waals surface area contributed by atoms with Crippen LogP contribution in [0.5, 0.6) is 0 Å². The van der Waals surface area contributed by atoms with Crippen LogP contribution in [-0.4, -0.2) is 46.7 Å². The summed E-state index contributed by atoms with van der Waals surface area (Å²) in [5.41, 5.74) is 0. The molecular weight excluding hydrogens is 220 g/mol. The predicted octanol–water partition coefficient (Wildman–Crippen LogP) is 2.54. The lowest BCUT2D eigenvalue weighted by molar-refractivity contribution is 0.102. The standard InChI is InChI=1S/C6H10O3.C6H16Si/c1(5-3-8-5)7-2-6-4-9-6;1-5-6-7(2,3)4/h5-6H,1-4H2;5-6H2,1-4H3. The van der Waals surface area contributed by atoms with E-state index in [4.69, 9.17) is 14.2 Å². The van der Waals surface area contributed by atoms with Gasteiger partial charge in [0.1, 0.15) is 12.2 Å². The summed E-state index contributed by atoms with van der Waals surface area (Å²) in [4.78, 5) is 0. The Bertz CT molecular complexity index is 171. The van der Waals surface area contributed by atoms with E-state index in [0.29, 0.717) is 12.2 Å². The summed E-state index contributed by atoms with van der Waals surface area (Å²) in [7, 11) is -0.657. The lowest BCUT2D eigenvalue weighted by Gasteiger charge is -2.12. The summed E-state index contributed by atoms with van der Waals surface area (Å²) >= 11 is 0. The van der Waals surface area contributed by atoms with E-state index in [1.807, 2.05) is 0 Å². The van der Waals surface area contributed by atoms with Crippen molar-refractivity contribution in [3.8, 4) is 0 Å². The molecule has 0 bridgehead atoms. The fourth-order valence-electron chi connectivity index (χ4n) is 1.41. The highest BCUT2D eigenvalue weighted by atomic mass is 28.3. The van der Waals surface area contributed by atoms with Gasteiger partial charge in [-0.15, -0.1) is 0 Å². The van der Waals surface area contributed by atoms with Gasteiger partial charge in [0.2, 0.25) is 0 Å². The third-order valence-electron chi connectivity index (χ3n) is 2.41. The molecule has 4 heteroatoms. The Morgan fingerprint density at radius 3 is 1.69 bits per heavy atom. The topological polar surface area (TPSA) is 34.3 Å². The van der Waals surface area contributed by atoms with E-state index in [-0.39, 0.29) is 0 Å². The molecule has 2 heterocycles. The van der Waals surface area contributed by atoms with Crippen molar-refractivity contribution in [2.24, 2.45) is 0 Å². The molecule has 2 atom stereocenters. The number of hydrogen-bond acceptors (Lipinski definition) is 3. The lowest BCUT2D eigenvalue weighted by Crippen LogP contribution is -2.17. The Hall–Kier alpha value is 0.0969. The molecule has 2 unspecified atom stereocenters. The van der Waals surface area contributed by atoms with E-state index in [1.54, 1.807) is 0 Å². The summed E-state index contributed by atoms with van der Waals surface area (Å²) in [6, 6.07) is 1.48. The van der Waals surface area contributed by atoms with Crippen LogP contribution >= 0.6 is 0 Å². The quantitative estimate of drug-likeness (QED) is 0.533. The Kier molecular flexibility index (Phi) is 5.96. The fourth-order valence-corrected chi connectivity index (χ4v) is 2.91. The third-order valence-corrected chi connectivity index (χ3v) is 4.41. The number of hydrogen-bond donors (Lipinski definition) is 0. The Morgan fingerprint density at radius 2 is 1.50 bits per heavy atom. The van der Waals surface area contributed by atoms with Gasteiger partial charge in [-0.1, -0.05) is 39.0 Å². The molecule has 0 radical (unpaired) electrons. The van der Waals surface area contributed by atoms with Crippen LogP contribution in [-0.2, 0) is 14.2 Å². The van der Waals surface area contributed by atoms with Crippen molar-refractivity contribution in [1.29, 1.82) is 0 Å². The average molecular weight is 246 g/mol. The van der Waals surface area contributed by atoms with Crippen LogP contribution in [0.1, 0.15) is 13.3 Å². The van der Waals surface area contributed by atoms with Gasteiger partial charge in [-0.2, -0.15) is 0 Å². The SMILES string of the molecule is C(OCC1CO1)C1CO1.CCC[Si](C)(C)C. The molecule has 2 fully saturated rings. The first-order valence-electron chi connectivity index (χ1n) is 6.32. The first-order valence-corrected chi connectivity index (χ1v) is 10.0. The van der Waals surface area contributed by atoms with Crippen LogP contribution in [0.4, 0.5) is 0 Å². The van der Waals surface area contributed by atoms with Crippen LogP contribution < -0.4 is 0 Å². The van der Waals surface area contributed by atoms with Crippen LogP contribution in [0.15, 0.2) is 0 Å². The van der Waals surface area contributed by atoms with Crippen LogP contribution in [0.3, 0.4) is 0 Å². The molecule has 2 rings (SSSR count). The zero-order valence-electron chi connectivity index (χ0n) is 11.1. The summed E-state index contributed by atoms with van der Waals surface area (Å²) in [5.74, 6) is 0. The van der Waals surface area contributed by atoms with Crippen molar-refractivity contribution < 1.29 is 14.2 Å². The van der Waals surface area contributed by atoms with Gasteiger partial charge in [0, 0.05) is 8.07 Å². The van der Waals surface area contributed by atoms with E-state index < -0.39 is 8.07 Å². The van der Waals surface area contributed by atoms with E-state index in [0.717, 1.165) is 26.4 Å². The summed E-state index contributed by atoms with van der Waals surface area (Å²) in [6.45, 7) is 12.8. The monoisotopic (exact) mass is 246 g/mol. The molecule has 0 amide bonds. The maximum atomic E-state index is 5.23. The number of ether oxygens (including phenoxy) is 3. The van der Waals surface area contributed by atoms with Crippen molar-refractivity contribution >= 4 is 8.07 Å². The minimum absolute atomic E-state index is 0.392. The maximum Gasteiger partial charge on any atom is 0.104 e. The van der Waals surface area contributed by atoms with E-state index in [9.17, 15) is 0 Å². The molecule has 96 valence electrons. The van der Waals surface area contributed by atoms with Gasteiger partial charge in [0.25, 0.3) is 0 Å². The fraction of sp³-hybridized carbons (Fsp3) is 1.00. The first kappa shape index (κ1) is 14.2. The smallest absolute Gasteiger partial charge is 0.104 e. The molecule has 0 saturated carbocycles. The molecular formula is C12H26O3Si. The van der Waals surface area contributed by atoms with Gasteiger partial charge in [-0.3, -0.25) is 0 Å². The molecule has 2 saturated heterocycles. The molecule has 2 aliphatic heterocycles. The van der Waals surface area contributed by atoms with Crippen LogP contribution in [0, 0.1) is 0 Å². The Morgan fingerprint density at radius 1 is 1.06 bits per heavy atom. The minimum Gasteiger partial charge on any atom is -0.376 e. The van der Waals surface area contributed by atoms with E-state index in [1.165, 1.54) is 12.5 Å². The molecule has 0 spiro atoms. The molecule has 0 aromatic rings. The zero-order chi connectivity index (χ0) is 12.0. The summed E-state index contributed by atoms with van der Waals surface area (Å²) in [6.07, 6.45) is 2.16. The molecule has 0 aliphatic carbocycles. The highest BCUT2D eigenvalue weighted by Crippen LogP contribution is 2.12. The third kappa shape index (κ3) is 9.33. The first-order chi connectivity index (χ1) is 7.51. The van der Waals surface area contributed by atoms with E-state index in [2.05, 4.69) is 26.6 Å². The maximum absolute atomic E-state index is 5.23. The zero-order valence-corrected chi connectivity index (χ0v) is 12.1. The van der Waals surface area contributed by atoms with Crippen molar-refractivity contribution in [2.75, 3.05) is 26.4 Å². The molecule has 3 nitrogen and oxygen atoms in total. The minimum atomic E-state index is -0.657. The normalized spacial score (nSPS) is 27.0.